The third-order valence-electron chi connectivity index (χ3n) is 5.44. The lowest BCUT2D eigenvalue weighted by Gasteiger charge is -2.27. The highest BCUT2D eigenvalue weighted by Gasteiger charge is 2.36. The minimum atomic E-state index is -0.378. The first kappa shape index (κ1) is 19.2. The molecule has 3 atom stereocenters. The minimum Gasteiger partial charge on any atom is -0.351 e. The van der Waals surface area contributed by atoms with Gasteiger partial charge in [-0.15, -0.1) is 0 Å². The summed E-state index contributed by atoms with van der Waals surface area (Å²) in [5.74, 6) is 0.324. The topological polar surface area (TPSA) is 87.5 Å². The number of amides is 3. The zero-order valence-corrected chi connectivity index (χ0v) is 16.5. The normalized spacial score (nSPS) is 25.3. The van der Waals surface area contributed by atoms with Crippen molar-refractivity contribution in [2.24, 2.45) is 11.7 Å². The van der Waals surface area contributed by atoms with E-state index in [0.29, 0.717) is 25.6 Å². The summed E-state index contributed by atoms with van der Waals surface area (Å²) in [6.07, 6.45) is 4.73. The Morgan fingerprint density at radius 1 is 1.23 bits per heavy atom. The van der Waals surface area contributed by atoms with Crippen molar-refractivity contribution in [2.45, 2.75) is 50.7 Å². The van der Waals surface area contributed by atoms with Crippen LogP contribution in [0.5, 0.6) is 0 Å². The molecule has 0 aromatic heterocycles. The van der Waals surface area contributed by atoms with Gasteiger partial charge in [-0.2, -0.15) is 0 Å². The summed E-state index contributed by atoms with van der Waals surface area (Å²) in [5.41, 5.74) is 6.82. The number of nitrogens with one attached hydrogen (secondary N) is 2. The molecular weight excluding hydrogens is 396 g/mol. The van der Waals surface area contributed by atoms with E-state index >= 15 is 0 Å². The summed E-state index contributed by atoms with van der Waals surface area (Å²) in [6.45, 7) is 1.67. The van der Waals surface area contributed by atoms with Crippen molar-refractivity contribution in [2.75, 3.05) is 13.1 Å². The molecule has 6 nitrogen and oxygen atoms in total. The number of halogens is 1. The van der Waals surface area contributed by atoms with Crippen LogP contribution in [-0.2, 0) is 11.3 Å². The van der Waals surface area contributed by atoms with E-state index in [1.807, 2.05) is 24.3 Å². The molecular formula is C19H27BrN4O2. The largest absolute Gasteiger partial charge is 0.351 e. The maximum Gasteiger partial charge on any atom is 0.318 e. The maximum absolute atomic E-state index is 12.7. The van der Waals surface area contributed by atoms with E-state index in [4.69, 9.17) is 5.73 Å². The highest BCUT2D eigenvalue weighted by Crippen LogP contribution is 2.26. The van der Waals surface area contributed by atoms with Gasteiger partial charge in [0.1, 0.15) is 6.04 Å². The van der Waals surface area contributed by atoms with E-state index in [-0.39, 0.29) is 24.0 Å². The minimum absolute atomic E-state index is 0.0366. The SMILES string of the molecule is NC[C@H]1CCC[C@H]1NC(=O)[C@@H]1CCCN1C(=O)NCc1cccc(Br)c1. The number of nitrogens with zero attached hydrogens (tertiary/aromatic N) is 1. The van der Waals surface area contributed by atoms with E-state index < -0.39 is 0 Å². The van der Waals surface area contributed by atoms with Crippen LogP contribution in [0.25, 0.3) is 0 Å². The first-order valence-electron chi connectivity index (χ1n) is 9.38. The smallest absolute Gasteiger partial charge is 0.318 e. The first-order valence-corrected chi connectivity index (χ1v) is 10.2. The molecule has 7 heteroatoms. The fourth-order valence-electron chi connectivity index (χ4n) is 4.00. The molecule has 3 rings (SSSR count). The van der Waals surface area contributed by atoms with E-state index in [2.05, 4.69) is 26.6 Å². The molecule has 1 aromatic rings. The molecule has 1 saturated heterocycles. The number of carbonyl (C=O) groups is 2. The van der Waals surface area contributed by atoms with Gasteiger partial charge in [-0.25, -0.2) is 4.79 Å². The Balaban J connectivity index is 1.55. The van der Waals surface area contributed by atoms with Gasteiger partial charge in [-0.1, -0.05) is 34.5 Å². The summed E-state index contributed by atoms with van der Waals surface area (Å²) in [6, 6.07) is 7.42. The second kappa shape index (κ2) is 8.86. The molecule has 0 unspecified atom stereocenters. The summed E-state index contributed by atoms with van der Waals surface area (Å²) in [4.78, 5) is 27.0. The van der Waals surface area contributed by atoms with Crippen molar-refractivity contribution in [3.63, 3.8) is 0 Å². The average Bonchev–Trinajstić information content (AvgIpc) is 3.28. The van der Waals surface area contributed by atoms with Crippen LogP contribution in [0.15, 0.2) is 28.7 Å². The number of urea groups is 1. The second-order valence-corrected chi connectivity index (χ2v) is 8.10. The maximum atomic E-state index is 12.7. The van der Waals surface area contributed by atoms with Crippen molar-refractivity contribution >= 4 is 27.9 Å². The molecule has 1 heterocycles. The van der Waals surface area contributed by atoms with Gasteiger partial charge in [0.15, 0.2) is 0 Å². The lowest BCUT2D eigenvalue weighted by Crippen LogP contribution is -2.52. The standard InChI is InChI=1S/C19H27BrN4O2/c20-15-6-1-4-13(10-15)12-22-19(26)24-9-3-8-17(24)18(25)23-16-7-2-5-14(16)11-21/h1,4,6,10,14,16-17H,2-3,5,7-9,11-12,21H2,(H,22,26)(H,23,25)/t14-,16-,17+/m1/s1. The second-order valence-electron chi connectivity index (χ2n) is 7.18. The summed E-state index contributed by atoms with van der Waals surface area (Å²) >= 11 is 3.43. The Bertz CT molecular complexity index is 654. The van der Waals surface area contributed by atoms with Crippen molar-refractivity contribution < 1.29 is 9.59 Å². The summed E-state index contributed by atoms with van der Waals surface area (Å²) in [5, 5.41) is 6.07. The lowest BCUT2D eigenvalue weighted by atomic mass is 10.0. The Hall–Kier alpha value is -1.60. The Morgan fingerprint density at radius 3 is 2.85 bits per heavy atom. The molecule has 0 bridgehead atoms. The van der Waals surface area contributed by atoms with Gasteiger partial charge in [0, 0.05) is 23.6 Å². The van der Waals surface area contributed by atoms with E-state index in [0.717, 1.165) is 42.1 Å². The van der Waals surface area contributed by atoms with Gasteiger partial charge in [-0.3, -0.25) is 4.79 Å². The van der Waals surface area contributed by atoms with Crippen LogP contribution in [0.4, 0.5) is 4.79 Å². The molecule has 1 aliphatic carbocycles. The summed E-state index contributed by atoms with van der Waals surface area (Å²) < 4.78 is 0.980. The zero-order valence-electron chi connectivity index (χ0n) is 14.9. The highest BCUT2D eigenvalue weighted by molar-refractivity contribution is 9.10. The van der Waals surface area contributed by atoms with Crippen LogP contribution >= 0.6 is 15.9 Å². The first-order chi connectivity index (χ1) is 12.6. The van der Waals surface area contributed by atoms with Gasteiger partial charge in [0.05, 0.1) is 0 Å². The molecule has 1 aliphatic heterocycles. The van der Waals surface area contributed by atoms with Gasteiger partial charge in [0.2, 0.25) is 5.91 Å². The van der Waals surface area contributed by atoms with E-state index in [9.17, 15) is 9.59 Å². The number of rotatable bonds is 5. The number of carbonyl (C=O) groups excluding carboxylic acids is 2. The molecule has 0 spiro atoms. The van der Waals surface area contributed by atoms with Gasteiger partial charge in [-0.05, 0) is 55.8 Å². The van der Waals surface area contributed by atoms with Crippen LogP contribution in [0.2, 0.25) is 0 Å². The Morgan fingerprint density at radius 2 is 2.08 bits per heavy atom. The van der Waals surface area contributed by atoms with Gasteiger partial charge < -0.3 is 21.3 Å². The fraction of sp³-hybridized carbons (Fsp3) is 0.579. The molecule has 1 aromatic carbocycles. The quantitative estimate of drug-likeness (QED) is 0.680. The molecule has 4 N–H and O–H groups in total. The monoisotopic (exact) mass is 422 g/mol. The molecule has 26 heavy (non-hydrogen) atoms. The van der Waals surface area contributed by atoms with Crippen LogP contribution in [0.1, 0.15) is 37.7 Å². The van der Waals surface area contributed by atoms with Crippen LogP contribution in [0.3, 0.4) is 0 Å². The summed E-state index contributed by atoms with van der Waals surface area (Å²) in [7, 11) is 0. The molecule has 2 aliphatic rings. The van der Waals surface area contributed by atoms with Gasteiger partial charge in [0.25, 0.3) is 0 Å². The molecule has 1 saturated carbocycles. The number of hydrogen-bond donors (Lipinski definition) is 3. The van der Waals surface area contributed by atoms with Crippen molar-refractivity contribution in [1.29, 1.82) is 0 Å². The van der Waals surface area contributed by atoms with Crippen molar-refractivity contribution in [3.05, 3.63) is 34.3 Å². The Kier molecular flexibility index (Phi) is 6.53. The number of benzene rings is 1. The van der Waals surface area contributed by atoms with Crippen LogP contribution in [0, 0.1) is 5.92 Å². The fourth-order valence-corrected chi connectivity index (χ4v) is 4.44. The Labute approximate surface area is 163 Å². The predicted octanol–water partition coefficient (Wildman–Crippen LogP) is 2.37. The van der Waals surface area contributed by atoms with Gasteiger partial charge >= 0.3 is 6.03 Å². The highest BCUT2D eigenvalue weighted by atomic mass is 79.9. The number of hydrogen-bond acceptors (Lipinski definition) is 3. The number of likely N-dealkylation sites (tertiary alicyclic amines) is 1. The van der Waals surface area contributed by atoms with E-state index in [1.165, 1.54) is 0 Å². The molecule has 2 fully saturated rings. The number of nitrogens with two attached hydrogens (primary N) is 1. The van der Waals surface area contributed by atoms with Crippen LogP contribution in [-0.4, -0.2) is 42.0 Å². The third kappa shape index (κ3) is 4.57. The van der Waals surface area contributed by atoms with Crippen molar-refractivity contribution in [1.82, 2.24) is 15.5 Å². The molecule has 0 radical (unpaired) electrons. The van der Waals surface area contributed by atoms with E-state index in [1.54, 1.807) is 4.90 Å². The van der Waals surface area contributed by atoms with Crippen LogP contribution < -0.4 is 16.4 Å². The average molecular weight is 423 g/mol. The molecule has 3 amide bonds. The molecule has 142 valence electrons. The lowest BCUT2D eigenvalue weighted by molar-refractivity contribution is -0.125. The zero-order chi connectivity index (χ0) is 18.5. The third-order valence-corrected chi connectivity index (χ3v) is 5.93. The predicted molar refractivity (Wildman–Crippen MR) is 104 cm³/mol. The van der Waals surface area contributed by atoms with Crippen molar-refractivity contribution in [3.8, 4) is 0 Å².